The summed E-state index contributed by atoms with van der Waals surface area (Å²) in [6.45, 7) is 3.01. The molecule has 0 amide bonds. The van der Waals surface area contributed by atoms with Gasteiger partial charge in [-0.05, 0) is 24.6 Å². The number of nitriles is 2. The van der Waals surface area contributed by atoms with Crippen molar-refractivity contribution in [3.05, 3.63) is 29.8 Å². The van der Waals surface area contributed by atoms with Gasteiger partial charge in [-0.25, -0.2) is 4.99 Å². The second-order valence-electron chi connectivity index (χ2n) is 6.05. The maximum absolute atomic E-state index is 10.0. The Hall–Kier alpha value is -2.22. The molecule has 2 fully saturated rings. The summed E-state index contributed by atoms with van der Waals surface area (Å²) in [5, 5.41) is 18.9. The first-order valence-electron chi connectivity index (χ1n) is 7.81. The summed E-state index contributed by atoms with van der Waals surface area (Å²) in [6.07, 6.45) is 0. The molecule has 0 aromatic heterocycles. The van der Waals surface area contributed by atoms with Gasteiger partial charge in [0.15, 0.2) is 5.41 Å². The van der Waals surface area contributed by atoms with Crippen molar-refractivity contribution >= 4 is 17.6 Å². The van der Waals surface area contributed by atoms with Crippen LogP contribution in [0, 0.1) is 33.5 Å². The fourth-order valence-corrected chi connectivity index (χ4v) is 5.47. The van der Waals surface area contributed by atoms with Crippen molar-refractivity contribution in [1.29, 1.82) is 10.5 Å². The quantitative estimate of drug-likeness (QED) is 0.902. The largest absolute Gasteiger partial charge is 0.494 e. The fourth-order valence-electron chi connectivity index (χ4n) is 4.14. The van der Waals surface area contributed by atoms with Gasteiger partial charge in [0.25, 0.3) is 0 Å². The third-order valence-corrected chi connectivity index (χ3v) is 6.42. The van der Waals surface area contributed by atoms with E-state index in [4.69, 9.17) is 15.2 Å². The zero-order valence-corrected chi connectivity index (χ0v) is 14.0. The maximum Gasteiger partial charge on any atom is 0.230 e. The van der Waals surface area contributed by atoms with Gasteiger partial charge < -0.3 is 15.2 Å². The monoisotopic (exact) mass is 340 g/mol. The van der Waals surface area contributed by atoms with Crippen molar-refractivity contribution in [2.75, 3.05) is 19.0 Å². The molecule has 1 spiro atoms. The molecule has 2 aliphatic heterocycles. The van der Waals surface area contributed by atoms with Crippen LogP contribution in [-0.2, 0) is 4.74 Å². The highest BCUT2D eigenvalue weighted by Crippen LogP contribution is 2.84. The lowest BCUT2D eigenvalue weighted by molar-refractivity contribution is 0.0200. The molecule has 122 valence electrons. The van der Waals surface area contributed by atoms with Crippen molar-refractivity contribution in [3.63, 3.8) is 0 Å². The van der Waals surface area contributed by atoms with Crippen LogP contribution in [0.25, 0.3) is 0 Å². The SMILES string of the molecule is CCOc1ccc(C2C3(C#N)C(N)=NC4(OCCS4)C23C#N)cc1. The smallest absolute Gasteiger partial charge is 0.230 e. The number of fused-ring (bicyclic) bond motifs is 2. The molecule has 2 N–H and O–H groups in total. The summed E-state index contributed by atoms with van der Waals surface area (Å²) in [4.78, 5) is 4.42. The van der Waals surface area contributed by atoms with Crippen LogP contribution in [0.5, 0.6) is 5.75 Å². The molecule has 1 saturated heterocycles. The molecule has 3 aliphatic rings. The first-order chi connectivity index (χ1) is 11.6. The van der Waals surface area contributed by atoms with Crippen LogP contribution in [0.1, 0.15) is 18.4 Å². The lowest BCUT2D eigenvalue weighted by Gasteiger charge is -2.26. The molecule has 1 aromatic carbocycles. The van der Waals surface area contributed by atoms with E-state index in [1.807, 2.05) is 31.2 Å². The molecule has 24 heavy (non-hydrogen) atoms. The lowest BCUT2D eigenvalue weighted by atomic mass is 9.95. The Balaban J connectivity index is 1.82. The predicted octanol–water partition coefficient (Wildman–Crippen LogP) is 1.99. The Bertz CT molecular complexity index is 803. The summed E-state index contributed by atoms with van der Waals surface area (Å²) in [5.41, 5.74) is 4.83. The Morgan fingerprint density at radius 2 is 2.12 bits per heavy atom. The molecule has 6 nitrogen and oxygen atoms in total. The van der Waals surface area contributed by atoms with Gasteiger partial charge in [0.05, 0.1) is 25.4 Å². The van der Waals surface area contributed by atoms with E-state index < -0.39 is 15.9 Å². The van der Waals surface area contributed by atoms with Crippen LogP contribution in [0.3, 0.4) is 0 Å². The minimum atomic E-state index is -1.12. The van der Waals surface area contributed by atoms with Crippen molar-refractivity contribution in [1.82, 2.24) is 0 Å². The summed E-state index contributed by atoms with van der Waals surface area (Å²) in [7, 11) is 0. The van der Waals surface area contributed by atoms with E-state index in [1.165, 1.54) is 11.8 Å². The highest BCUT2D eigenvalue weighted by molar-refractivity contribution is 8.00. The van der Waals surface area contributed by atoms with Gasteiger partial charge in [0.2, 0.25) is 5.06 Å². The molecule has 4 atom stereocenters. The molecule has 0 bridgehead atoms. The average Bonchev–Trinajstić information content (AvgIpc) is 2.84. The van der Waals surface area contributed by atoms with E-state index in [2.05, 4.69) is 17.1 Å². The molecule has 1 saturated carbocycles. The number of ether oxygens (including phenoxy) is 2. The van der Waals surface area contributed by atoms with Crippen molar-refractivity contribution < 1.29 is 9.47 Å². The standard InChI is InChI=1S/C17H16N4O2S/c1-2-22-12-5-3-11(4-6-12)13-15(9-18)14(20)21-17(16(13,15)10-19)23-7-8-24-17/h3-6,13H,2,7-8H2,1H3,(H2,20,21). The number of nitrogens with zero attached hydrogens (tertiary/aromatic N) is 3. The van der Waals surface area contributed by atoms with Crippen LogP contribution in [0.2, 0.25) is 0 Å². The summed E-state index contributed by atoms with van der Waals surface area (Å²) >= 11 is 1.46. The molecule has 1 aromatic rings. The minimum absolute atomic E-state index is 0.208. The lowest BCUT2D eigenvalue weighted by Crippen LogP contribution is -2.34. The van der Waals surface area contributed by atoms with E-state index in [1.54, 1.807) is 0 Å². The topological polar surface area (TPSA) is 104 Å². The van der Waals surface area contributed by atoms with Crippen molar-refractivity contribution in [3.8, 4) is 17.9 Å². The van der Waals surface area contributed by atoms with Crippen LogP contribution in [0.15, 0.2) is 29.3 Å². The molecule has 4 rings (SSSR count). The number of nitrogens with two attached hydrogens (primary N) is 1. The van der Waals surface area contributed by atoms with E-state index >= 15 is 0 Å². The van der Waals surface area contributed by atoms with Crippen LogP contribution >= 0.6 is 11.8 Å². The third kappa shape index (κ3) is 1.47. The van der Waals surface area contributed by atoms with Gasteiger partial charge in [0.1, 0.15) is 17.0 Å². The number of thioether (sulfide) groups is 1. The van der Waals surface area contributed by atoms with E-state index in [0.717, 1.165) is 17.1 Å². The highest BCUT2D eigenvalue weighted by atomic mass is 32.2. The molecule has 1 aliphatic carbocycles. The number of benzene rings is 1. The van der Waals surface area contributed by atoms with Crippen LogP contribution in [0.4, 0.5) is 0 Å². The summed E-state index contributed by atoms with van der Waals surface area (Å²) < 4.78 is 11.3. The van der Waals surface area contributed by atoms with Crippen LogP contribution in [-0.4, -0.2) is 29.9 Å². The van der Waals surface area contributed by atoms with Gasteiger partial charge >= 0.3 is 0 Å². The van der Waals surface area contributed by atoms with Crippen molar-refractivity contribution in [2.45, 2.75) is 17.9 Å². The zero-order valence-electron chi connectivity index (χ0n) is 13.2. The fraction of sp³-hybridized carbons (Fsp3) is 0.471. The highest BCUT2D eigenvalue weighted by Gasteiger charge is 2.93. The first-order valence-corrected chi connectivity index (χ1v) is 8.79. The Morgan fingerprint density at radius 1 is 1.38 bits per heavy atom. The Kier molecular flexibility index (Phi) is 3.12. The number of rotatable bonds is 3. The minimum Gasteiger partial charge on any atom is -0.494 e. The number of aliphatic imine (C=N–C) groups is 1. The molecular formula is C17H16N4O2S. The second-order valence-corrected chi connectivity index (χ2v) is 7.30. The number of hydrogen-bond acceptors (Lipinski definition) is 7. The van der Waals surface area contributed by atoms with Crippen LogP contribution < -0.4 is 10.5 Å². The first kappa shape index (κ1) is 15.3. The molecule has 0 radical (unpaired) electrons. The summed E-state index contributed by atoms with van der Waals surface area (Å²) in [6, 6.07) is 12.2. The van der Waals surface area contributed by atoms with Gasteiger partial charge in [-0.2, -0.15) is 10.5 Å². The van der Waals surface area contributed by atoms with Gasteiger partial charge in [-0.15, -0.1) is 0 Å². The second kappa shape index (κ2) is 4.89. The molecule has 2 heterocycles. The molecule has 7 heteroatoms. The Morgan fingerprint density at radius 3 is 2.67 bits per heavy atom. The maximum atomic E-state index is 10.0. The average molecular weight is 340 g/mol. The Labute approximate surface area is 144 Å². The van der Waals surface area contributed by atoms with Gasteiger partial charge in [-0.1, -0.05) is 23.9 Å². The van der Waals surface area contributed by atoms with E-state index in [9.17, 15) is 10.5 Å². The number of hydrogen-bond donors (Lipinski definition) is 1. The molecule has 4 unspecified atom stereocenters. The predicted molar refractivity (Wildman–Crippen MR) is 89.2 cm³/mol. The summed E-state index contributed by atoms with van der Waals surface area (Å²) in [5.74, 6) is 1.35. The zero-order chi connectivity index (χ0) is 17.0. The van der Waals surface area contributed by atoms with E-state index in [0.29, 0.717) is 13.2 Å². The normalized spacial score (nSPS) is 39.0. The van der Waals surface area contributed by atoms with Crippen molar-refractivity contribution in [2.24, 2.45) is 21.6 Å². The van der Waals surface area contributed by atoms with Gasteiger partial charge in [0, 0.05) is 11.7 Å². The van der Waals surface area contributed by atoms with E-state index in [-0.39, 0.29) is 11.8 Å². The van der Waals surface area contributed by atoms with Gasteiger partial charge in [-0.3, -0.25) is 0 Å². The third-order valence-electron chi connectivity index (χ3n) is 5.13. The molecular weight excluding hydrogens is 324 g/mol. The number of amidine groups is 1.